The van der Waals surface area contributed by atoms with Crippen LogP contribution in [0, 0.1) is 0 Å². The maximum Gasteiger partial charge on any atom is 0.315 e. The summed E-state index contributed by atoms with van der Waals surface area (Å²) in [4.78, 5) is 25.2. The molecular formula is C25H33ClN4O6. The minimum atomic E-state index is -0.295. The van der Waals surface area contributed by atoms with Gasteiger partial charge in [-0.2, -0.15) is 0 Å². The Morgan fingerprint density at radius 3 is 2.72 bits per heavy atom. The number of benzene rings is 2. The third kappa shape index (κ3) is 7.99. The van der Waals surface area contributed by atoms with Gasteiger partial charge in [0, 0.05) is 38.4 Å². The Balaban J connectivity index is 0.00000361. The van der Waals surface area contributed by atoms with E-state index < -0.39 is 0 Å². The molecule has 2 aliphatic heterocycles. The first kappa shape index (κ1) is 27.5. The molecule has 4 N–H and O–H groups in total. The molecule has 2 aliphatic rings. The molecule has 0 saturated carbocycles. The number of methoxy groups -OCH3 is 1. The van der Waals surface area contributed by atoms with E-state index in [1.807, 2.05) is 24.3 Å². The highest BCUT2D eigenvalue weighted by Gasteiger charge is 2.27. The van der Waals surface area contributed by atoms with Gasteiger partial charge in [-0.1, -0.05) is 12.1 Å². The van der Waals surface area contributed by atoms with Crippen LogP contribution in [-0.2, 0) is 16.1 Å². The first-order valence-electron chi connectivity index (χ1n) is 11.8. The zero-order valence-electron chi connectivity index (χ0n) is 20.2. The number of carbonyl (C=O) groups is 2. The molecule has 1 fully saturated rings. The highest BCUT2D eigenvalue weighted by molar-refractivity contribution is 5.95. The Morgan fingerprint density at radius 1 is 1.00 bits per heavy atom. The molecule has 0 radical (unpaired) electrons. The number of fused-ring (bicyclic) bond motifs is 5. The first-order chi connectivity index (χ1) is 17.1. The normalized spacial score (nSPS) is 20.6. The van der Waals surface area contributed by atoms with Gasteiger partial charge >= 0.3 is 6.03 Å². The lowest BCUT2D eigenvalue weighted by molar-refractivity contribution is 0.00582. The summed E-state index contributed by atoms with van der Waals surface area (Å²) in [6.45, 7) is 3.13. The zero-order chi connectivity index (χ0) is 24.5. The highest BCUT2D eigenvalue weighted by Crippen LogP contribution is 2.28. The van der Waals surface area contributed by atoms with Gasteiger partial charge in [-0.15, -0.1) is 12.4 Å². The molecule has 4 bridgehead atoms. The highest BCUT2D eigenvalue weighted by atomic mass is 35.5. The maximum absolute atomic E-state index is 12.8. The predicted molar refractivity (Wildman–Crippen MR) is 136 cm³/mol. The zero-order valence-corrected chi connectivity index (χ0v) is 21.0. The number of halogens is 1. The second kappa shape index (κ2) is 13.9. The molecule has 0 aromatic heterocycles. The van der Waals surface area contributed by atoms with Crippen molar-refractivity contribution in [2.45, 2.75) is 25.2 Å². The molecule has 3 amide bonds. The molecule has 2 heterocycles. The van der Waals surface area contributed by atoms with Gasteiger partial charge in [-0.05, 0) is 42.8 Å². The second-order valence-electron chi connectivity index (χ2n) is 8.39. The predicted octanol–water partition coefficient (Wildman–Crippen LogP) is 2.22. The molecule has 10 nitrogen and oxygen atoms in total. The van der Waals surface area contributed by atoms with Crippen LogP contribution in [-0.4, -0.2) is 70.6 Å². The monoisotopic (exact) mass is 520 g/mol. The largest absolute Gasteiger partial charge is 0.491 e. The van der Waals surface area contributed by atoms with Crippen molar-refractivity contribution >= 4 is 24.3 Å². The van der Waals surface area contributed by atoms with Crippen LogP contribution in [0.5, 0.6) is 17.2 Å². The third-order valence-corrected chi connectivity index (χ3v) is 5.74. The van der Waals surface area contributed by atoms with Gasteiger partial charge in [0.1, 0.15) is 23.9 Å². The Kier molecular flexibility index (Phi) is 10.6. The van der Waals surface area contributed by atoms with E-state index in [9.17, 15) is 9.59 Å². The summed E-state index contributed by atoms with van der Waals surface area (Å²) in [5.41, 5.74) is 1.32. The average molecular weight is 521 g/mol. The van der Waals surface area contributed by atoms with Gasteiger partial charge in [0.2, 0.25) is 0 Å². The van der Waals surface area contributed by atoms with E-state index in [1.54, 1.807) is 25.3 Å². The quantitative estimate of drug-likeness (QED) is 0.456. The number of nitrogens with one attached hydrogen (secondary N) is 4. The van der Waals surface area contributed by atoms with Gasteiger partial charge in [0.05, 0.1) is 25.4 Å². The van der Waals surface area contributed by atoms with Gasteiger partial charge in [0.25, 0.3) is 5.91 Å². The molecular weight excluding hydrogens is 488 g/mol. The lowest BCUT2D eigenvalue weighted by atomic mass is 10.0. The van der Waals surface area contributed by atoms with Crippen molar-refractivity contribution in [3.8, 4) is 17.2 Å². The third-order valence-electron chi connectivity index (χ3n) is 5.74. The van der Waals surface area contributed by atoms with Crippen molar-refractivity contribution < 1.29 is 28.5 Å². The Bertz CT molecular complexity index is 1020. The number of amides is 3. The van der Waals surface area contributed by atoms with Gasteiger partial charge < -0.3 is 40.2 Å². The van der Waals surface area contributed by atoms with E-state index in [-0.39, 0.29) is 49.6 Å². The summed E-state index contributed by atoms with van der Waals surface area (Å²) in [6, 6.07) is 12.2. The summed E-state index contributed by atoms with van der Waals surface area (Å²) in [5.74, 6) is 1.28. The van der Waals surface area contributed by atoms with Crippen molar-refractivity contribution in [2.24, 2.45) is 0 Å². The second-order valence-corrected chi connectivity index (χ2v) is 8.39. The molecule has 2 aromatic rings. The fourth-order valence-electron chi connectivity index (χ4n) is 3.97. The fourth-order valence-corrected chi connectivity index (χ4v) is 3.97. The van der Waals surface area contributed by atoms with Gasteiger partial charge in [-0.25, -0.2) is 4.79 Å². The Morgan fingerprint density at radius 2 is 1.86 bits per heavy atom. The van der Waals surface area contributed by atoms with Crippen molar-refractivity contribution in [1.82, 2.24) is 21.3 Å². The van der Waals surface area contributed by atoms with E-state index in [4.69, 9.17) is 18.9 Å². The number of piperidine rings is 1. The van der Waals surface area contributed by atoms with Crippen LogP contribution in [0.25, 0.3) is 0 Å². The Labute approximate surface area is 216 Å². The summed E-state index contributed by atoms with van der Waals surface area (Å²) in [7, 11) is 1.59. The van der Waals surface area contributed by atoms with Crippen LogP contribution in [0.15, 0.2) is 42.5 Å². The SMILES string of the molecule is COCCOc1cc2cc(c1)C(=O)NCCNC(=O)N[C@H]1CCNC[C@@H]1OCc1cccc(c1)O2.Cl. The van der Waals surface area contributed by atoms with Crippen molar-refractivity contribution in [3.05, 3.63) is 53.6 Å². The molecule has 0 unspecified atom stereocenters. The molecule has 0 aliphatic carbocycles. The summed E-state index contributed by atoms with van der Waals surface area (Å²) in [6.07, 6.45) is 0.600. The van der Waals surface area contributed by atoms with E-state index in [0.717, 1.165) is 18.5 Å². The Hall–Kier alpha value is -3.05. The van der Waals surface area contributed by atoms with Crippen LogP contribution in [0.3, 0.4) is 0 Å². The van der Waals surface area contributed by atoms with Crippen molar-refractivity contribution in [3.63, 3.8) is 0 Å². The minimum Gasteiger partial charge on any atom is -0.491 e. The lowest BCUT2D eigenvalue weighted by Crippen LogP contribution is -2.56. The molecule has 11 heteroatoms. The molecule has 1 saturated heterocycles. The maximum atomic E-state index is 12.8. The summed E-state index contributed by atoms with van der Waals surface area (Å²) in [5, 5.41) is 11.9. The lowest BCUT2D eigenvalue weighted by Gasteiger charge is -2.32. The molecule has 4 rings (SSSR count). The number of urea groups is 1. The van der Waals surface area contributed by atoms with E-state index >= 15 is 0 Å². The van der Waals surface area contributed by atoms with Crippen molar-refractivity contribution in [1.29, 1.82) is 0 Å². The van der Waals surface area contributed by atoms with Crippen LogP contribution in [0.4, 0.5) is 4.79 Å². The average Bonchev–Trinajstić information content (AvgIpc) is 2.86. The number of carbonyl (C=O) groups excluding carboxylic acids is 2. The molecule has 2 atom stereocenters. The molecule has 36 heavy (non-hydrogen) atoms. The van der Waals surface area contributed by atoms with Crippen LogP contribution in [0.2, 0.25) is 0 Å². The smallest absolute Gasteiger partial charge is 0.315 e. The summed E-state index contributed by atoms with van der Waals surface area (Å²) < 4.78 is 23.0. The van der Waals surface area contributed by atoms with Crippen LogP contribution < -0.4 is 30.7 Å². The van der Waals surface area contributed by atoms with Crippen LogP contribution >= 0.6 is 12.4 Å². The molecule has 196 valence electrons. The standard InChI is InChI=1S/C25H32N4O6.ClH/c1-32-9-10-33-20-12-18-13-21(14-20)35-19-4-2-3-17(11-19)16-34-23-15-26-6-5-22(23)29-25(31)28-8-7-27-24(18)30;/h2-4,11-14,22-23,26H,5-10,15-16H2,1H3,(H,27,30)(H2,28,29,31);1H/t22-,23-;/m0./s1. The molecule has 2 aromatic carbocycles. The van der Waals surface area contributed by atoms with E-state index in [2.05, 4.69) is 21.3 Å². The fraction of sp³-hybridized carbons (Fsp3) is 0.440. The topological polar surface area (TPSA) is 119 Å². The van der Waals surface area contributed by atoms with E-state index in [1.165, 1.54) is 0 Å². The van der Waals surface area contributed by atoms with E-state index in [0.29, 0.717) is 49.2 Å². The number of ether oxygens (including phenoxy) is 4. The number of hydrogen-bond donors (Lipinski definition) is 4. The van der Waals surface area contributed by atoms with Crippen LogP contribution in [0.1, 0.15) is 22.3 Å². The van der Waals surface area contributed by atoms with Gasteiger partial charge in [-0.3, -0.25) is 4.79 Å². The minimum absolute atomic E-state index is 0. The number of rotatable bonds is 4. The summed E-state index contributed by atoms with van der Waals surface area (Å²) >= 11 is 0. The molecule has 0 spiro atoms. The first-order valence-corrected chi connectivity index (χ1v) is 11.8. The van der Waals surface area contributed by atoms with Crippen molar-refractivity contribution in [2.75, 3.05) is 46.5 Å². The number of hydrogen-bond acceptors (Lipinski definition) is 7. The van der Waals surface area contributed by atoms with Gasteiger partial charge in [0.15, 0.2) is 0 Å².